The minimum atomic E-state index is -4.40. The van der Waals surface area contributed by atoms with Crippen LogP contribution in [-0.4, -0.2) is 16.6 Å². The molecular weight excluding hydrogens is 281 g/mol. The number of anilines is 1. The van der Waals surface area contributed by atoms with Crippen molar-refractivity contribution in [3.8, 4) is 0 Å². The smallest absolute Gasteiger partial charge is 0.387 e. The summed E-state index contributed by atoms with van der Waals surface area (Å²) in [5.74, 6) is 0.287. The summed E-state index contributed by atoms with van der Waals surface area (Å²) in [5, 5.41) is 12.8. The summed E-state index contributed by atoms with van der Waals surface area (Å²) in [4.78, 5) is 3.69. The van der Waals surface area contributed by atoms with E-state index in [0.717, 1.165) is 23.4 Å². The highest BCUT2D eigenvalue weighted by Crippen LogP contribution is 2.28. The Morgan fingerprint density at radius 3 is 2.57 bits per heavy atom. The van der Waals surface area contributed by atoms with Gasteiger partial charge in [-0.2, -0.15) is 13.2 Å². The van der Waals surface area contributed by atoms with Gasteiger partial charge in [0.2, 0.25) is 0 Å². The molecule has 2 rings (SSSR count). The van der Waals surface area contributed by atoms with Crippen molar-refractivity contribution < 1.29 is 18.3 Å². The maximum absolute atomic E-state index is 12.4. The molecule has 1 unspecified atom stereocenters. The van der Waals surface area contributed by atoms with Gasteiger partial charge in [0.15, 0.2) is 0 Å². The predicted octanol–water partition coefficient (Wildman–Crippen LogP) is 3.55. The number of pyridine rings is 1. The second-order valence-electron chi connectivity index (χ2n) is 4.74. The standard InChI is InChI=1S/C15H15F3N2O/c1-10-3-2-4-11(7-10)13(21)9-20-14-6-5-12(8-19-14)15(16,17)18/h2-8,13,21H,9H2,1H3,(H,19,20). The van der Waals surface area contributed by atoms with Gasteiger partial charge >= 0.3 is 6.18 Å². The van der Waals surface area contributed by atoms with Crippen LogP contribution in [0.1, 0.15) is 22.8 Å². The van der Waals surface area contributed by atoms with Crippen LogP contribution in [0.4, 0.5) is 19.0 Å². The van der Waals surface area contributed by atoms with Crippen molar-refractivity contribution in [3.63, 3.8) is 0 Å². The number of alkyl halides is 3. The first kappa shape index (κ1) is 15.3. The van der Waals surface area contributed by atoms with Crippen LogP contribution in [-0.2, 0) is 6.18 Å². The molecule has 0 aliphatic rings. The van der Waals surface area contributed by atoms with E-state index in [-0.39, 0.29) is 12.4 Å². The Hall–Kier alpha value is -2.08. The number of aliphatic hydroxyl groups is 1. The number of aryl methyl sites for hydroxylation is 1. The molecular formula is C15H15F3N2O. The van der Waals surface area contributed by atoms with Gasteiger partial charge < -0.3 is 10.4 Å². The van der Waals surface area contributed by atoms with Gasteiger partial charge in [-0.3, -0.25) is 0 Å². The van der Waals surface area contributed by atoms with Crippen molar-refractivity contribution in [3.05, 3.63) is 59.3 Å². The number of halogens is 3. The molecule has 0 radical (unpaired) electrons. The summed E-state index contributed by atoms with van der Waals surface area (Å²) in [6.45, 7) is 2.09. The average Bonchev–Trinajstić information content (AvgIpc) is 2.44. The number of aliphatic hydroxyl groups excluding tert-OH is 1. The first-order valence-electron chi connectivity index (χ1n) is 6.38. The third-order valence-corrected chi connectivity index (χ3v) is 2.99. The number of hydrogen-bond donors (Lipinski definition) is 2. The van der Waals surface area contributed by atoms with E-state index in [1.54, 1.807) is 6.07 Å². The van der Waals surface area contributed by atoms with E-state index < -0.39 is 17.8 Å². The van der Waals surface area contributed by atoms with Gasteiger partial charge in [-0.1, -0.05) is 29.8 Å². The monoisotopic (exact) mass is 296 g/mol. The summed E-state index contributed by atoms with van der Waals surface area (Å²) >= 11 is 0. The van der Waals surface area contributed by atoms with Crippen LogP contribution < -0.4 is 5.32 Å². The highest BCUT2D eigenvalue weighted by molar-refractivity contribution is 5.37. The SMILES string of the molecule is Cc1cccc(C(O)CNc2ccc(C(F)(F)F)cn2)c1. The number of benzene rings is 1. The van der Waals surface area contributed by atoms with Crippen molar-refractivity contribution in [2.45, 2.75) is 19.2 Å². The first-order valence-corrected chi connectivity index (χ1v) is 6.38. The zero-order chi connectivity index (χ0) is 15.5. The van der Waals surface area contributed by atoms with E-state index in [4.69, 9.17) is 0 Å². The molecule has 1 aromatic carbocycles. The highest BCUT2D eigenvalue weighted by Gasteiger charge is 2.30. The molecule has 1 atom stereocenters. The molecule has 0 spiro atoms. The summed E-state index contributed by atoms with van der Waals surface area (Å²) in [5.41, 5.74) is 0.973. The second-order valence-corrected chi connectivity index (χ2v) is 4.74. The minimum Gasteiger partial charge on any atom is -0.387 e. The predicted molar refractivity (Wildman–Crippen MR) is 73.9 cm³/mol. The molecule has 0 amide bonds. The maximum atomic E-state index is 12.4. The molecule has 2 N–H and O–H groups in total. The molecule has 1 heterocycles. The van der Waals surface area contributed by atoms with Gasteiger partial charge in [0.05, 0.1) is 11.7 Å². The Balaban J connectivity index is 1.97. The molecule has 2 aromatic rings. The van der Waals surface area contributed by atoms with E-state index in [1.165, 1.54) is 6.07 Å². The molecule has 0 fully saturated rings. The fraction of sp³-hybridized carbons (Fsp3) is 0.267. The summed E-state index contributed by atoms with van der Waals surface area (Å²) in [6.07, 6.45) is -4.39. The van der Waals surface area contributed by atoms with Gasteiger partial charge in [-0.05, 0) is 24.6 Å². The number of aromatic nitrogens is 1. The fourth-order valence-corrected chi connectivity index (χ4v) is 1.86. The maximum Gasteiger partial charge on any atom is 0.417 e. The second kappa shape index (κ2) is 6.13. The normalized spacial score (nSPS) is 13.0. The van der Waals surface area contributed by atoms with Crippen LogP contribution in [0.3, 0.4) is 0 Å². The van der Waals surface area contributed by atoms with Crippen molar-refractivity contribution in [2.24, 2.45) is 0 Å². The van der Waals surface area contributed by atoms with Crippen molar-refractivity contribution in [1.82, 2.24) is 4.98 Å². The van der Waals surface area contributed by atoms with Crippen molar-refractivity contribution in [2.75, 3.05) is 11.9 Å². The minimum absolute atomic E-state index is 0.168. The van der Waals surface area contributed by atoms with Crippen LogP contribution in [0.2, 0.25) is 0 Å². The third kappa shape index (κ3) is 4.19. The molecule has 1 aromatic heterocycles. The Morgan fingerprint density at radius 2 is 2.00 bits per heavy atom. The lowest BCUT2D eigenvalue weighted by atomic mass is 10.1. The fourth-order valence-electron chi connectivity index (χ4n) is 1.86. The lowest BCUT2D eigenvalue weighted by Crippen LogP contribution is -2.13. The van der Waals surface area contributed by atoms with Gasteiger partial charge in [0, 0.05) is 12.7 Å². The Labute approximate surface area is 120 Å². The quantitative estimate of drug-likeness (QED) is 0.907. The van der Waals surface area contributed by atoms with Gasteiger partial charge in [-0.25, -0.2) is 4.98 Å². The topological polar surface area (TPSA) is 45.1 Å². The number of rotatable bonds is 4. The van der Waals surface area contributed by atoms with E-state index in [1.807, 2.05) is 25.1 Å². The van der Waals surface area contributed by atoms with Crippen LogP contribution >= 0.6 is 0 Å². The van der Waals surface area contributed by atoms with Crippen LogP contribution in [0.5, 0.6) is 0 Å². The van der Waals surface area contributed by atoms with Gasteiger partial charge in [-0.15, -0.1) is 0 Å². The Kier molecular flexibility index (Phi) is 4.47. The Bertz CT molecular complexity index is 597. The van der Waals surface area contributed by atoms with Crippen LogP contribution in [0.15, 0.2) is 42.6 Å². The summed E-state index contributed by atoms with van der Waals surface area (Å²) in [7, 11) is 0. The van der Waals surface area contributed by atoms with Crippen LogP contribution in [0, 0.1) is 6.92 Å². The zero-order valence-corrected chi connectivity index (χ0v) is 11.4. The third-order valence-electron chi connectivity index (χ3n) is 2.99. The molecule has 0 aliphatic heterocycles. The van der Waals surface area contributed by atoms with Crippen molar-refractivity contribution >= 4 is 5.82 Å². The number of nitrogens with one attached hydrogen (secondary N) is 1. The molecule has 0 aliphatic carbocycles. The van der Waals surface area contributed by atoms with Crippen LogP contribution in [0.25, 0.3) is 0 Å². The van der Waals surface area contributed by atoms with E-state index >= 15 is 0 Å². The zero-order valence-electron chi connectivity index (χ0n) is 11.4. The van der Waals surface area contributed by atoms with Gasteiger partial charge in [0.25, 0.3) is 0 Å². The number of nitrogens with zero attached hydrogens (tertiary/aromatic N) is 1. The lowest BCUT2D eigenvalue weighted by Gasteiger charge is -2.13. The summed E-state index contributed by atoms with van der Waals surface area (Å²) < 4.78 is 37.2. The lowest BCUT2D eigenvalue weighted by molar-refractivity contribution is -0.137. The highest BCUT2D eigenvalue weighted by atomic mass is 19.4. The molecule has 21 heavy (non-hydrogen) atoms. The molecule has 0 saturated carbocycles. The van der Waals surface area contributed by atoms with Gasteiger partial charge in [0.1, 0.15) is 5.82 Å². The molecule has 112 valence electrons. The van der Waals surface area contributed by atoms with Crippen molar-refractivity contribution in [1.29, 1.82) is 0 Å². The Morgan fingerprint density at radius 1 is 1.24 bits per heavy atom. The largest absolute Gasteiger partial charge is 0.417 e. The first-order chi connectivity index (χ1) is 9.86. The molecule has 6 heteroatoms. The van der Waals surface area contributed by atoms with E-state index in [9.17, 15) is 18.3 Å². The van der Waals surface area contributed by atoms with E-state index in [0.29, 0.717) is 0 Å². The molecule has 3 nitrogen and oxygen atoms in total. The van der Waals surface area contributed by atoms with E-state index in [2.05, 4.69) is 10.3 Å². The number of hydrogen-bond acceptors (Lipinski definition) is 3. The average molecular weight is 296 g/mol. The molecule has 0 bridgehead atoms. The summed E-state index contributed by atoms with van der Waals surface area (Å²) in [6, 6.07) is 9.59. The molecule has 0 saturated heterocycles.